The fraction of sp³-hybridized carbons (Fsp3) is 0.353. The van der Waals surface area contributed by atoms with Gasteiger partial charge in [0, 0.05) is 23.5 Å². The SMILES string of the molecule is CCc1ccc(S(=O)(=O)Nc2ccc(C)c(N3CCCC3=O)c2)s1. The van der Waals surface area contributed by atoms with E-state index in [0.29, 0.717) is 22.9 Å². The number of nitrogens with zero attached hydrogens (tertiary/aromatic N) is 1. The molecule has 0 bridgehead atoms. The van der Waals surface area contributed by atoms with Crippen molar-refractivity contribution in [3.8, 4) is 0 Å². The quantitative estimate of drug-likeness (QED) is 0.882. The fourth-order valence-electron chi connectivity index (χ4n) is 2.76. The third kappa shape index (κ3) is 3.32. The van der Waals surface area contributed by atoms with Crippen molar-refractivity contribution >= 4 is 38.6 Å². The van der Waals surface area contributed by atoms with E-state index in [9.17, 15) is 13.2 Å². The van der Waals surface area contributed by atoms with Crippen molar-refractivity contribution in [1.29, 1.82) is 0 Å². The number of carbonyl (C=O) groups is 1. The Hall–Kier alpha value is -1.86. The summed E-state index contributed by atoms with van der Waals surface area (Å²) < 4.78 is 28.0. The average molecular weight is 364 g/mol. The minimum atomic E-state index is -3.60. The van der Waals surface area contributed by atoms with E-state index in [4.69, 9.17) is 0 Å². The molecular formula is C17H20N2O3S2. The number of amides is 1. The monoisotopic (exact) mass is 364 g/mol. The summed E-state index contributed by atoms with van der Waals surface area (Å²) in [5, 5.41) is 0. The van der Waals surface area contributed by atoms with Crippen molar-refractivity contribution < 1.29 is 13.2 Å². The van der Waals surface area contributed by atoms with Crippen LogP contribution in [-0.2, 0) is 21.2 Å². The Balaban J connectivity index is 1.88. The topological polar surface area (TPSA) is 66.5 Å². The number of hydrogen-bond donors (Lipinski definition) is 1. The summed E-state index contributed by atoms with van der Waals surface area (Å²) in [6, 6.07) is 8.77. The van der Waals surface area contributed by atoms with Gasteiger partial charge >= 0.3 is 0 Å². The number of thiophene rings is 1. The molecule has 0 radical (unpaired) electrons. The van der Waals surface area contributed by atoms with Gasteiger partial charge < -0.3 is 4.90 Å². The van der Waals surface area contributed by atoms with Gasteiger partial charge in [-0.1, -0.05) is 13.0 Å². The van der Waals surface area contributed by atoms with Crippen LogP contribution >= 0.6 is 11.3 Å². The summed E-state index contributed by atoms with van der Waals surface area (Å²) in [5.41, 5.74) is 2.21. The van der Waals surface area contributed by atoms with E-state index in [1.54, 1.807) is 23.1 Å². The number of anilines is 2. The van der Waals surface area contributed by atoms with Gasteiger partial charge in [0.25, 0.3) is 10.0 Å². The Labute approximate surface area is 146 Å². The third-order valence-corrected chi connectivity index (χ3v) is 7.18. The second kappa shape index (κ2) is 6.57. The first-order valence-electron chi connectivity index (χ1n) is 7.93. The van der Waals surface area contributed by atoms with Gasteiger partial charge in [0.15, 0.2) is 0 Å². The van der Waals surface area contributed by atoms with Gasteiger partial charge in [-0.05, 0) is 49.6 Å². The molecule has 0 aliphatic carbocycles. The molecule has 1 aromatic carbocycles. The molecule has 3 rings (SSSR count). The molecule has 1 aliphatic rings. The second-order valence-corrected chi connectivity index (χ2v) is 8.91. The van der Waals surface area contributed by atoms with Gasteiger partial charge in [0.05, 0.1) is 5.69 Å². The standard InChI is InChI=1S/C17H20N2O3S2/c1-3-14-8-9-17(23-14)24(21,22)18-13-7-6-12(2)15(11-13)19-10-4-5-16(19)20/h6-9,11,18H,3-5,10H2,1-2H3. The van der Waals surface area contributed by atoms with Crippen molar-refractivity contribution in [3.05, 3.63) is 40.8 Å². The van der Waals surface area contributed by atoms with E-state index in [1.165, 1.54) is 11.3 Å². The van der Waals surface area contributed by atoms with Crippen LogP contribution in [0.3, 0.4) is 0 Å². The molecule has 1 saturated heterocycles. The molecule has 5 nitrogen and oxygen atoms in total. The molecule has 1 N–H and O–H groups in total. The van der Waals surface area contributed by atoms with Crippen LogP contribution in [-0.4, -0.2) is 20.9 Å². The largest absolute Gasteiger partial charge is 0.312 e. The number of carbonyl (C=O) groups excluding carboxylic acids is 1. The lowest BCUT2D eigenvalue weighted by atomic mass is 10.1. The van der Waals surface area contributed by atoms with Crippen molar-refractivity contribution in [2.24, 2.45) is 0 Å². The molecule has 128 valence electrons. The maximum atomic E-state index is 12.5. The summed E-state index contributed by atoms with van der Waals surface area (Å²) in [7, 11) is -3.60. The molecule has 1 amide bonds. The summed E-state index contributed by atoms with van der Waals surface area (Å²) in [6.45, 7) is 4.60. The zero-order valence-electron chi connectivity index (χ0n) is 13.7. The predicted octanol–water partition coefficient (Wildman–Crippen LogP) is 3.55. The van der Waals surface area contributed by atoms with Gasteiger partial charge in [-0.2, -0.15) is 0 Å². The first kappa shape index (κ1) is 17.0. The van der Waals surface area contributed by atoms with Crippen LogP contribution in [0.15, 0.2) is 34.5 Å². The molecule has 0 unspecified atom stereocenters. The van der Waals surface area contributed by atoms with E-state index < -0.39 is 10.0 Å². The van der Waals surface area contributed by atoms with E-state index >= 15 is 0 Å². The zero-order chi connectivity index (χ0) is 17.3. The van der Waals surface area contributed by atoms with E-state index in [-0.39, 0.29) is 5.91 Å². The van der Waals surface area contributed by atoms with Gasteiger partial charge in [-0.15, -0.1) is 11.3 Å². The van der Waals surface area contributed by atoms with Crippen LogP contribution in [0.2, 0.25) is 0 Å². The number of nitrogens with one attached hydrogen (secondary N) is 1. The van der Waals surface area contributed by atoms with Crippen molar-refractivity contribution in [2.75, 3.05) is 16.2 Å². The first-order valence-corrected chi connectivity index (χ1v) is 10.2. The van der Waals surface area contributed by atoms with Crippen LogP contribution < -0.4 is 9.62 Å². The molecule has 2 heterocycles. The summed E-state index contributed by atoms with van der Waals surface area (Å²) in [6.07, 6.45) is 2.19. The molecule has 1 aliphatic heterocycles. The van der Waals surface area contributed by atoms with Gasteiger partial charge in [0.1, 0.15) is 4.21 Å². The molecule has 24 heavy (non-hydrogen) atoms. The smallest absolute Gasteiger partial charge is 0.271 e. The number of benzene rings is 1. The normalized spacial score (nSPS) is 15.1. The lowest BCUT2D eigenvalue weighted by Crippen LogP contribution is -2.24. The highest BCUT2D eigenvalue weighted by molar-refractivity contribution is 7.94. The lowest BCUT2D eigenvalue weighted by Gasteiger charge is -2.19. The Morgan fingerprint density at radius 1 is 1.25 bits per heavy atom. The molecule has 1 fully saturated rings. The van der Waals surface area contributed by atoms with Crippen LogP contribution in [0.25, 0.3) is 0 Å². The van der Waals surface area contributed by atoms with Crippen LogP contribution in [0, 0.1) is 6.92 Å². The Morgan fingerprint density at radius 3 is 2.67 bits per heavy atom. The van der Waals surface area contributed by atoms with Crippen LogP contribution in [0.1, 0.15) is 30.2 Å². The number of hydrogen-bond acceptors (Lipinski definition) is 4. The van der Waals surface area contributed by atoms with Gasteiger partial charge in [-0.3, -0.25) is 9.52 Å². The highest BCUT2D eigenvalue weighted by atomic mass is 32.2. The molecular weight excluding hydrogens is 344 g/mol. The number of sulfonamides is 1. The molecule has 7 heteroatoms. The maximum absolute atomic E-state index is 12.5. The minimum Gasteiger partial charge on any atom is -0.312 e. The number of rotatable bonds is 5. The fourth-order valence-corrected chi connectivity index (χ4v) is 5.11. The van der Waals surface area contributed by atoms with E-state index in [0.717, 1.165) is 29.0 Å². The summed E-state index contributed by atoms with van der Waals surface area (Å²) >= 11 is 1.28. The van der Waals surface area contributed by atoms with Gasteiger partial charge in [-0.25, -0.2) is 8.42 Å². The van der Waals surface area contributed by atoms with E-state index in [1.807, 2.05) is 26.0 Å². The first-order chi connectivity index (χ1) is 11.4. The Bertz CT molecular complexity index is 872. The molecule has 0 saturated carbocycles. The van der Waals surface area contributed by atoms with Crippen molar-refractivity contribution in [2.45, 2.75) is 37.3 Å². The molecule has 0 atom stereocenters. The van der Waals surface area contributed by atoms with Crippen molar-refractivity contribution in [3.63, 3.8) is 0 Å². The third-order valence-electron chi connectivity index (χ3n) is 4.08. The van der Waals surface area contributed by atoms with Crippen LogP contribution in [0.4, 0.5) is 11.4 Å². The minimum absolute atomic E-state index is 0.0870. The summed E-state index contributed by atoms with van der Waals surface area (Å²) in [5.74, 6) is 0.0870. The molecule has 0 spiro atoms. The number of aryl methyl sites for hydroxylation is 2. The maximum Gasteiger partial charge on any atom is 0.271 e. The van der Waals surface area contributed by atoms with Crippen LogP contribution in [0.5, 0.6) is 0 Å². The highest BCUT2D eigenvalue weighted by Gasteiger charge is 2.24. The lowest BCUT2D eigenvalue weighted by molar-refractivity contribution is -0.117. The van der Waals surface area contributed by atoms with Crippen molar-refractivity contribution in [1.82, 2.24) is 0 Å². The summed E-state index contributed by atoms with van der Waals surface area (Å²) in [4.78, 5) is 14.7. The average Bonchev–Trinajstić information content (AvgIpc) is 3.18. The van der Waals surface area contributed by atoms with E-state index in [2.05, 4.69) is 4.72 Å². The Morgan fingerprint density at radius 2 is 2.04 bits per heavy atom. The highest BCUT2D eigenvalue weighted by Crippen LogP contribution is 2.30. The molecule has 2 aromatic rings. The Kier molecular flexibility index (Phi) is 4.64. The molecule has 1 aromatic heterocycles. The second-order valence-electron chi connectivity index (χ2n) is 5.83. The zero-order valence-corrected chi connectivity index (χ0v) is 15.3. The predicted molar refractivity (Wildman–Crippen MR) is 97.3 cm³/mol. The van der Waals surface area contributed by atoms with Gasteiger partial charge in [0.2, 0.25) is 5.91 Å².